The molecule has 1 N–H and O–H groups in total. The predicted octanol–water partition coefficient (Wildman–Crippen LogP) is 4.37. The van der Waals surface area contributed by atoms with Crippen molar-refractivity contribution in [3.63, 3.8) is 0 Å². The van der Waals surface area contributed by atoms with Crippen molar-refractivity contribution < 1.29 is 27.8 Å². The molecule has 33 heavy (non-hydrogen) atoms. The molecule has 0 radical (unpaired) electrons. The van der Waals surface area contributed by atoms with Gasteiger partial charge in [-0.05, 0) is 35.9 Å². The molecule has 0 saturated heterocycles. The Hall–Kier alpha value is -4.20. The molecule has 0 fully saturated rings. The SMILES string of the molecule is COc1ccc(OC)c(NC2=C(c3ccc(F)cc3)C(=O)N(Cc3ccccc3F)C2=O)c1. The summed E-state index contributed by atoms with van der Waals surface area (Å²) in [6.07, 6.45) is 0. The number of nitrogens with zero attached hydrogens (tertiary/aromatic N) is 1. The zero-order valence-electron chi connectivity index (χ0n) is 17.9. The van der Waals surface area contributed by atoms with E-state index in [1.54, 1.807) is 24.3 Å². The Labute approximate surface area is 189 Å². The first-order valence-electron chi connectivity index (χ1n) is 10.0. The predicted molar refractivity (Wildman–Crippen MR) is 118 cm³/mol. The van der Waals surface area contributed by atoms with Gasteiger partial charge in [0.1, 0.15) is 28.8 Å². The Bertz CT molecular complexity index is 1260. The van der Waals surface area contributed by atoms with Crippen molar-refractivity contribution in [3.05, 3.63) is 95.2 Å². The van der Waals surface area contributed by atoms with Gasteiger partial charge >= 0.3 is 0 Å². The first-order chi connectivity index (χ1) is 15.9. The van der Waals surface area contributed by atoms with Gasteiger partial charge in [-0.15, -0.1) is 0 Å². The van der Waals surface area contributed by atoms with Gasteiger partial charge in [-0.25, -0.2) is 8.78 Å². The average Bonchev–Trinajstić information content (AvgIpc) is 3.05. The lowest BCUT2D eigenvalue weighted by atomic mass is 10.0. The van der Waals surface area contributed by atoms with E-state index in [9.17, 15) is 18.4 Å². The van der Waals surface area contributed by atoms with Gasteiger partial charge in [0.15, 0.2) is 0 Å². The number of nitrogens with one attached hydrogen (secondary N) is 1. The lowest BCUT2D eigenvalue weighted by Crippen LogP contribution is -2.32. The monoisotopic (exact) mass is 450 g/mol. The number of halogens is 2. The van der Waals surface area contributed by atoms with E-state index in [1.165, 1.54) is 56.7 Å². The number of ether oxygens (including phenoxy) is 2. The minimum Gasteiger partial charge on any atom is -0.497 e. The number of carbonyl (C=O) groups is 2. The number of amides is 2. The van der Waals surface area contributed by atoms with E-state index in [0.29, 0.717) is 22.7 Å². The normalized spacial score (nSPS) is 13.5. The molecule has 3 aromatic rings. The molecule has 0 atom stereocenters. The molecule has 0 aliphatic carbocycles. The Morgan fingerprint density at radius 2 is 1.61 bits per heavy atom. The maximum atomic E-state index is 14.2. The van der Waals surface area contributed by atoms with Crippen molar-refractivity contribution >= 4 is 23.1 Å². The molecular formula is C25H20F2N2O4. The highest BCUT2D eigenvalue weighted by molar-refractivity contribution is 6.36. The molecular weight excluding hydrogens is 430 g/mol. The highest BCUT2D eigenvalue weighted by Gasteiger charge is 2.39. The maximum Gasteiger partial charge on any atom is 0.278 e. The zero-order valence-corrected chi connectivity index (χ0v) is 17.9. The highest BCUT2D eigenvalue weighted by atomic mass is 19.1. The number of methoxy groups -OCH3 is 2. The largest absolute Gasteiger partial charge is 0.497 e. The highest BCUT2D eigenvalue weighted by Crippen LogP contribution is 2.35. The Morgan fingerprint density at radius 1 is 0.879 bits per heavy atom. The lowest BCUT2D eigenvalue weighted by Gasteiger charge is -2.16. The van der Waals surface area contributed by atoms with Crippen LogP contribution in [0.5, 0.6) is 11.5 Å². The number of benzene rings is 3. The van der Waals surface area contributed by atoms with Crippen molar-refractivity contribution in [2.75, 3.05) is 19.5 Å². The summed E-state index contributed by atoms with van der Waals surface area (Å²) in [5.41, 5.74) is 0.934. The minimum atomic E-state index is -0.646. The number of carbonyl (C=O) groups excluding carboxylic acids is 2. The summed E-state index contributed by atoms with van der Waals surface area (Å²) >= 11 is 0. The van der Waals surface area contributed by atoms with Crippen LogP contribution in [0.4, 0.5) is 14.5 Å². The summed E-state index contributed by atoms with van der Waals surface area (Å²) in [6.45, 7) is -0.255. The fourth-order valence-electron chi connectivity index (χ4n) is 3.56. The van der Waals surface area contributed by atoms with E-state index in [-0.39, 0.29) is 23.4 Å². The van der Waals surface area contributed by atoms with Crippen LogP contribution in [0.25, 0.3) is 5.57 Å². The first kappa shape index (κ1) is 22.0. The molecule has 0 spiro atoms. The zero-order chi connectivity index (χ0) is 23.5. The smallest absolute Gasteiger partial charge is 0.278 e. The van der Waals surface area contributed by atoms with E-state index in [1.807, 2.05) is 0 Å². The summed E-state index contributed by atoms with van der Waals surface area (Å²) in [5.74, 6) is -1.37. The van der Waals surface area contributed by atoms with E-state index < -0.39 is 23.4 Å². The van der Waals surface area contributed by atoms with E-state index in [2.05, 4.69) is 5.32 Å². The standard InChI is InChI=1S/C25H20F2N2O4/c1-32-18-11-12-21(33-2)20(13-18)28-23-22(15-7-9-17(26)10-8-15)24(30)29(25(23)31)14-16-5-3-4-6-19(16)27/h3-13,28H,14H2,1-2H3. The summed E-state index contributed by atoms with van der Waals surface area (Å²) < 4.78 is 38.4. The average molecular weight is 450 g/mol. The van der Waals surface area contributed by atoms with Crippen LogP contribution in [0.3, 0.4) is 0 Å². The van der Waals surface area contributed by atoms with Gasteiger partial charge < -0.3 is 14.8 Å². The molecule has 0 bridgehead atoms. The molecule has 0 saturated carbocycles. The van der Waals surface area contributed by atoms with E-state index in [0.717, 1.165) is 4.90 Å². The van der Waals surface area contributed by atoms with Crippen molar-refractivity contribution in [1.29, 1.82) is 0 Å². The van der Waals surface area contributed by atoms with Crippen molar-refractivity contribution in [1.82, 2.24) is 4.90 Å². The quantitative estimate of drug-likeness (QED) is 0.542. The van der Waals surface area contributed by atoms with E-state index in [4.69, 9.17) is 9.47 Å². The Kier molecular flexibility index (Phi) is 6.08. The summed E-state index contributed by atoms with van der Waals surface area (Å²) in [4.78, 5) is 27.6. The molecule has 1 aliphatic heterocycles. The molecule has 0 unspecified atom stereocenters. The lowest BCUT2D eigenvalue weighted by molar-refractivity contribution is -0.137. The van der Waals surface area contributed by atoms with Crippen molar-refractivity contribution in [2.24, 2.45) is 0 Å². The van der Waals surface area contributed by atoms with Gasteiger partial charge in [-0.3, -0.25) is 14.5 Å². The fraction of sp³-hybridized carbons (Fsp3) is 0.120. The second-order valence-electron chi connectivity index (χ2n) is 7.24. The molecule has 1 heterocycles. The third kappa shape index (κ3) is 4.27. The molecule has 0 aromatic heterocycles. The van der Waals surface area contributed by atoms with Gasteiger partial charge in [0, 0.05) is 11.6 Å². The number of imide groups is 1. The second kappa shape index (κ2) is 9.12. The summed E-state index contributed by atoms with van der Waals surface area (Å²) in [7, 11) is 2.96. The van der Waals surface area contributed by atoms with E-state index >= 15 is 0 Å². The van der Waals surface area contributed by atoms with Crippen LogP contribution < -0.4 is 14.8 Å². The second-order valence-corrected chi connectivity index (χ2v) is 7.24. The van der Waals surface area contributed by atoms with Crippen LogP contribution in [0, 0.1) is 11.6 Å². The third-order valence-corrected chi connectivity index (χ3v) is 5.25. The number of anilines is 1. The topological polar surface area (TPSA) is 67.9 Å². The van der Waals surface area contributed by atoms with Gasteiger partial charge in [0.25, 0.3) is 11.8 Å². The maximum absolute atomic E-state index is 14.2. The summed E-state index contributed by atoms with van der Waals surface area (Å²) in [6, 6.07) is 16.1. The van der Waals surface area contributed by atoms with Crippen molar-refractivity contribution in [3.8, 4) is 11.5 Å². The van der Waals surface area contributed by atoms with Gasteiger partial charge in [-0.1, -0.05) is 30.3 Å². The number of hydrogen-bond donors (Lipinski definition) is 1. The van der Waals surface area contributed by atoms with Crippen LogP contribution in [0.1, 0.15) is 11.1 Å². The van der Waals surface area contributed by atoms with Crippen LogP contribution in [-0.4, -0.2) is 30.9 Å². The molecule has 1 aliphatic rings. The molecule has 4 rings (SSSR count). The first-order valence-corrected chi connectivity index (χ1v) is 10.0. The molecule has 3 aromatic carbocycles. The van der Waals surface area contributed by atoms with Gasteiger partial charge in [0.05, 0.1) is 32.0 Å². The van der Waals surface area contributed by atoms with Crippen LogP contribution in [0.15, 0.2) is 72.4 Å². The van der Waals surface area contributed by atoms with Crippen LogP contribution in [0.2, 0.25) is 0 Å². The molecule has 8 heteroatoms. The molecule has 2 amide bonds. The minimum absolute atomic E-state index is 0.0329. The molecule has 6 nitrogen and oxygen atoms in total. The molecule has 168 valence electrons. The Balaban J connectivity index is 1.79. The Morgan fingerprint density at radius 3 is 2.27 bits per heavy atom. The number of rotatable bonds is 7. The van der Waals surface area contributed by atoms with Gasteiger partial charge in [-0.2, -0.15) is 0 Å². The third-order valence-electron chi connectivity index (χ3n) is 5.25. The van der Waals surface area contributed by atoms with Crippen molar-refractivity contribution in [2.45, 2.75) is 6.54 Å². The fourth-order valence-corrected chi connectivity index (χ4v) is 3.56. The summed E-state index contributed by atoms with van der Waals surface area (Å²) in [5, 5.41) is 2.98. The van der Waals surface area contributed by atoms with Gasteiger partial charge in [0.2, 0.25) is 0 Å². The number of hydrogen-bond acceptors (Lipinski definition) is 5. The van der Waals surface area contributed by atoms with Crippen LogP contribution >= 0.6 is 0 Å². The van der Waals surface area contributed by atoms with Crippen LogP contribution in [-0.2, 0) is 16.1 Å².